The van der Waals surface area contributed by atoms with Gasteiger partial charge in [0.1, 0.15) is 0 Å². The van der Waals surface area contributed by atoms with Crippen LogP contribution in [0.25, 0.3) is 0 Å². The van der Waals surface area contributed by atoms with E-state index >= 15 is 0 Å². The number of halogens is 1. The summed E-state index contributed by atoms with van der Waals surface area (Å²) in [5.74, 6) is 0.460. The first-order valence-corrected chi connectivity index (χ1v) is 5.58. The van der Waals surface area contributed by atoms with Gasteiger partial charge in [0.2, 0.25) is 0 Å². The van der Waals surface area contributed by atoms with Gasteiger partial charge in [-0.3, -0.25) is 0 Å². The largest absolute Gasteiger partial charge is 0.334 e. The standard InChI is InChI=1S/C12H15ClN2O/c1-10-4-6-11(7-5-10)15-12(16)14-9-3-2-8-13/h2-7H,8-9H2,1H3,(H2,14,15,16)/b3-2+. The van der Waals surface area contributed by atoms with Gasteiger partial charge in [0.25, 0.3) is 0 Å². The van der Waals surface area contributed by atoms with Gasteiger partial charge in [-0.25, -0.2) is 4.79 Å². The zero-order valence-corrected chi connectivity index (χ0v) is 9.92. The molecular weight excluding hydrogens is 224 g/mol. The van der Waals surface area contributed by atoms with E-state index < -0.39 is 0 Å². The fourth-order valence-corrected chi connectivity index (χ4v) is 1.24. The van der Waals surface area contributed by atoms with Crippen LogP contribution >= 0.6 is 11.6 Å². The van der Waals surface area contributed by atoms with E-state index in [1.54, 1.807) is 6.08 Å². The van der Waals surface area contributed by atoms with Crippen molar-refractivity contribution in [1.29, 1.82) is 0 Å². The molecule has 0 heterocycles. The van der Waals surface area contributed by atoms with Gasteiger partial charge in [-0.05, 0) is 19.1 Å². The molecule has 0 atom stereocenters. The number of urea groups is 1. The molecule has 0 unspecified atom stereocenters. The van der Waals surface area contributed by atoms with Crippen molar-refractivity contribution in [3.05, 3.63) is 42.0 Å². The zero-order valence-electron chi connectivity index (χ0n) is 9.16. The summed E-state index contributed by atoms with van der Waals surface area (Å²) in [5, 5.41) is 5.41. The highest BCUT2D eigenvalue weighted by Crippen LogP contribution is 2.07. The van der Waals surface area contributed by atoms with E-state index in [1.807, 2.05) is 37.3 Å². The lowest BCUT2D eigenvalue weighted by Crippen LogP contribution is -2.28. The predicted octanol–water partition coefficient (Wildman–Crippen LogP) is 2.91. The van der Waals surface area contributed by atoms with E-state index in [1.165, 1.54) is 0 Å². The van der Waals surface area contributed by atoms with Gasteiger partial charge in [-0.1, -0.05) is 29.8 Å². The third kappa shape index (κ3) is 4.84. The van der Waals surface area contributed by atoms with Gasteiger partial charge in [0.05, 0.1) is 0 Å². The Bertz CT molecular complexity index is 360. The first kappa shape index (κ1) is 12.6. The minimum absolute atomic E-state index is 0.219. The van der Waals surface area contributed by atoms with Crippen molar-refractivity contribution >= 4 is 23.3 Å². The second kappa shape index (κ2) is 6.90. The molecule has 16 heavy (non-hydrogen) atoms. The van der Waals surface area contributed by atoms with Gasteiger partial charge >= 0.3 is 6.03 Å². The average Bonchev–Trinajstić information content (AvgIpc) is 2.28. The van der Waals surface area contributed by atoms with Crippen LogP contribution < -0.4 is 10.6 Å². The maximum absolute atomic E-state index is 11.4. The highest BCUT2D eigenvalue weighted by molar-refractivity contribution is 6.18. The van der Waals surface area contributed by atoms with Crippen LogP contribution in [0, 0.1) is 6.92 Å². The van der Waals surface area contributed by atoms with E-state index in [4.69, 9.17) is 11.6 Å². The Balaban J connectivity index is 2.34. The zero-order chi connectivity index (χ0) is 11.8. The Morgan fingerprint density at radius 2 is 2.00 bits per heavy atom. The molecule has 0 fully saturated rings. The second-order valence-electron chi connectivity index (χ2n) is 3.33. The summed E-state index contributed by atoms with van der Waals surface area (Å²) < 4.78 is 0. The van der Waals surface area contributed by atoms with E-state index in [2.05, 4.69) is 10.6 Å². The Morgan fingerprint density at radius 1 is 1.31 bits per heavy atom. The molecule has 3 nitrogen and oxygen atoms in total. The van der Waals surface area contributed by atoms with Crippen LogP contribution in [0.3, 0.4) is 0 Å². The fraction of sp³-hybridized carbons (Fsp3) is 0.250. The minimum Gasteiger partial charge on any atom is -0.334 e. The molecule has 0 bridgehead atoms. The minimum atomic E-state index is -0.219. The maximum atomic E-state index is 11.4. The van der Waals surface area contributed by atoms with E-state index in [-0.39, 0.29) is 6.03 Å². The van der Waals surface area contributed by atoms with Crippen molar-refractivity contribution in [2.75, 3.05) is 17.7 Å². The lowest BCUT2D eigenvalue weighted by Gasteiger charge is -2.05. The monoisotopic (exact) mass is 238 g/mol. The molecule has 2 N–H and O–H groups in total. The molecule has 0 aliphatic carbocycles. The summed E-state index contributed by atoms with van der Waals surface area (Å²) in [6, 6.07) is 7.40. The summed E-state index contributed by atoms with van der Waals surface area (Å²) in [5.41, 5.74) is 1.94. The number of alkyl halides is 1. The summed E-state index contributed by atoms with van der Waals surface area (Å²) >= 11 is 5.45. The Hall–Kier alpha value is -1.48. The quantitative estimate of drug-likeness (QED) is 0.615. The normalized spacial score (nSPS) is 10.4. The number of rotatable bonds is 4. The van der Waals surface area contributed by atoms with E-state index in [0.717, 1.165) is 11.3 Å². The molecule has 1 aromatic carbocycles. The molecule has 0 saturated carbocycles. The van der Waals surface area contributed by atoms with Gasteiger partial charge in [-0.2, -0.15) is 0 Å². The molecule has 0 aromatic heterocycles. The van der Waals surface area contributed by atoms with Crippen LogP contribution in [0.2, 0.25) is 0 Å². The lowest BCUT2D eigenvalue weighted by molar-refractivity contribution is 0.253. The van der Waals surface area contributed by atoms with Gasteiger partial charge in [0.15, 0.2) is 0 Å². The number of carbonyl (C=O) groups is 1. The maximum Gasteiger partial charge on any atom is 0.319 e. The number of anilines is 1. The molecule has 0 saturated heterocycles. The molecular formula is C12H15ClN2O. The SMILES string of the molecule is Cc1ccc(NC(=O)NC/C=C/CCl)cc1. The van der Waals surface area contributed by atoms with Crippen LogP contribution in [-0.4, -0.2) is 18.5 Å². The molecule has 86 valence electrons. The molecule has 4 heteroatoms. The topological polar surface area (TPSA) is 41.1 Å². The number of benzene rings is 1. The average molecular weight is 239 g/mol. The third-order valence-corrected chi connectivity index (χ3v) is 2.12. The van der Waals surface area contributed by atoms with Gasteiger partial charge < -0.3 is 10.6 Å². The summed E-state index contributed by atoms with van der Waals surface area (Å²) in [6.45, 7) is 2.48. The van der Waals surface area contributed by atoms with Crippen molar-refractivity contribution in [3.8, 4) is 0 Å². The summed E-state index contributed by atoms with van der Waals surface area (Å²) in [6.07, 6.45) is 3.59. The highest BCUT2D eigenvalue weighted by atomic mass is 35.5. The Morgan fingerprint density at radius 3 is 2.62 bits per heavy atom. The first-order chi connectivity index (χ1) is 7.72. The molecule has 0 aliphatic rings. The predicted molar refractivity (Wildman–Crippen MR) is 68.1 cm³/mol. The molecule has 0 spiro atoms. The first-order valence-electron chi connectivity index (χ1n) is 5.05. The smallest absolute Gasteiger partial charge is 0.319 e. The number of allylic oxidation sites excluding steroid dienone is 1. The summed E-state index contributed by atoms with van der Waals surface area (Å²) in [7, 11) is 0. The fourth-order valence-electron chi connectivity index (χ4n) is 1.11. The number of carbonyl (C=O) groups excluding carboxylic acids is 1. The molecule has 1 rings (SSSR count). The highest BCUT2D eigenvalue weighted by Gasteiger charge is 1.98. The van der Waals surface area contributed by atoms with Crippen molar-refractivity contribution in [2.24, 2.45) is 0 Å². The van der Waals surface area contributed by atoms with E-state index in [0.29, 0.717) is 12.4 Å². The number of hydrogen-bond acceptors (Lipinski definition) is 1. The molecule has 0 radical (unpaired) electrons. The number of aryl methyl sites for hydroxylation is 1. The summed E-state index contributed by atoms with van der Waals surface area (Å²) in [4.78, 5) is 11.4. The number of hydrogen-bond donors (Lipinski definition) is 2. The van der Waals surface area contributed by atoms with Crippen molar-refractivity contribution in [1.82, 2.24) is 5.32 Å². The third-order valence-electron chi connectivity index (χ3n) is 1.95. The van der Waals surface area contributed by atoms with Crippen molar-refractivity contribution in [3.63, 3.8) is 0 Å². The number of amides is 2. The molecule has 1 aromatic rings. The second-order valence-corrected chi connectivity index (χ2v) is 3.64. The van der Waals surface area contributed by atoms with E-state index in [9.17, 15) is 4.79 Å². The van der Waals surface area contributed by atoms with Crippen molar-refractivity contribution < 1.29 is 4.79 Å². The van der Waals surface area contributed by atoms with Gasteiger partial charge in [0, 0.05) is 18.1 Å². The van der Waals surface area contributed by atoms with Crippen LogP contribution in [0.1, 0.15) is 5.56 Å². The van der Waals surface area contributed by atoms with Crippen LogP contribution in [-0.2, 0) is 0 Å². The Kier molecular flexibility index (Phi) is 5.43. The van der Waals surface area contributed by atoms with Crippen molar-refractivity contribution in [2.45, 2.75) is 6.92 Å². The Labute approximate surface area is 100 Å². The number of nitrogens with one attached hydrogen (secondary N) is 2. The van der Waals surface area contributed by atoms with Crippen LogP contribution in [0.5, 0.6) is 0 Å². The van der Waals surface area contributed by atoms with Gasteiger partial charge in [-0.15, -0.1) is 11.6 Å². The van der Waals surface area contributed by atoms with Crippen LogP contribution in [0.15, 0.2) is 36.4 Å². The lowest BCUT2D eigenvalue weighted by atomic mass is 10.2. The van der Waals surface area contributed by atoms with Crippen LogP contribution in [0.4, 0.5) is 10.5 Å². The molecule has 0 aliphatic heterocycles. The molecule has 2 amide bonds.